The molecule has 0 aromatic heterocycles. The van der Waals surface area contributed by atoms with Crippen molar-refractivity contribution in [3.8, 4) is 0 Å². The van der Waals surface area contributed by atoms with Gasteiger partial charge in [0, 0.05) is 24.7 Å². The minimum atomic E-state index is -3.97. The number of ether oxygens (including phenoxy) is 1. The number of carbonyl (C=O) groups excluding carboxylic acids is 3. The minimum Gasteiger partial charge on any atom is -0.444 e. The summed E-state index contributed by atoms with van der Waals surface area (Å²) in [6.07, 6.45) is 1.23. The second-order valence-electron chi connectivity index (χ2n) is 11.5. The van der Waals surface area contributed by atoms with Gasteiger partial charge in [0.15, 0.2) is 0 Å². The van der Waals surface area contributed by atoms with Gasteiger partial charge in [0.2, 0.25) is 21.8 Å². The summed E-state index contributed by atoms with van der Waals surface area (Å²) in [6, 6.07) is 8.72. The molecule has 2 aromatic rings. The van der Waals surface area contributed by atoms with Crippen LogP contribution in [0, 0.1) is 0 Å². The van der Waals surface area contributed by atoms with Crippen LogP contribution in [0.15, 0.2) is 41.3 Å². The molecular weight excluding hydrogens is 544 g/mol. The van der Waals surface area contributed by atoms with E-state index in [1.165, 1.54) is 11.0 Å². The highest BCUT2D eigenvalue weighted by molar-refractivity contribution is 7.89. The summed E-state index contributed by atoms with van der Waals surface area (Å²) < 4.78 is 34.3. The maximum atomic E-state index is 13.2. The van der Waals surface area contributed by atoms with E-state index in [4.69, 9.17) is 16.3 Å². The van der Waals surface area contributed by atoms with Gasteiger partial charge >= 0.3 is 6.09 Å². The van der Waals surface area contributed by atoms with Gasteiger partial charge in [-0.25, -0.2) is 13.2 Å². The molecule has 3 heterocycles. The Hall–Kier alpha value is -2.89. The Morgan fingerprint density at radius 3 is 2.41 bits per heavy atom. The van der Waals surface area contributed by atoms with E-state index in [1.54, 1.807) is 40.1 Å². The van der Waals surface area contributed by atoms with E-state index in [-0.39, 0.29) is 35.5 Å². The van der Waals surface area contributed by atoms with Crippen molar-refractivity contribution in [3.63, 3.8) is 0 Å². The average molecular weight is 577 g/mol. The lowest BCUT2D eigenvalue weighted by atomic mass is 10.1. The second-order valence-corrected chi connectivity index (χ2v) is 13.6. The number of sulfonamides is 1. The van der Waals surface area contributed by atoms with Crippen molar-refractivity contribution in [3.05, 3.63) is 41.4 Å². The van der Waals surface area contributed by atoms with Gasteiger partial charge in [-0.2, -0.15) is 4.72 Å². The molecule has 3 aliphatic heterocycles. The number of piperidine rings is 1. The number of carbonyl (C=O) groups is 3. The molecule has 1 N–H and O–H groups in total. The van der Waals surface area contributed by atoms with E-state index in [1.807, 2.05) is 20.8 Å². The van der Waals surface area contributed by atoms with Gasteiger partial charge in [0.1, 0.15) is 11.6 Å². The van der Waals surface area contributed by atoms with Crippen LogP contribution in [0.25, 0.3) is 10.8 Å². The van der Waals surface area contributed by atoms with Gasteiger partial charge in [-0.05, 0) is 75.1 Å². The molecule has 2 bridgehead atoms. The molecule has 10 nitrogen and oxygen atoms in total. The van der Waals surface area contributed by atoms with E-state index in [2.05, 4.69) is 4.72 Å². The Morgan fingerprint density at radius 1 is 1.05 bits per heavy atom. The zero-order valence-electron chi connectivity index (χ0n) is 22.2. The Bertz CT molecular complexity index is 1430. The molecule has 2 aromatic carbocycles. The number of piperazine rings is 1. The summed E-state index contributed by atoms with van der Waals surface area (Å²) in [4.78, 5) is 43.8. The predicted octanol–water partition coefficient (Wildman–Crippen LogP) is 2.98. The first-order valence-electron chi connectivity index (χ1n) is 13.1. The second kappa shape index (κ2) is 10.3. The normalized spacial score (nSPS) is 23.5. The first-order valence-corrected chi connectivity index (χ1v) is 15.0. The fourth-order valence-electron chi connectivity index (χ4n) is 5.59. The van der Waals surface area contributed by atoms with Gasteiger partial charge in [0.05, 0.1) is 23.5 Å². The third-order valence-corrected chi connectivity index (χ3v) is 9.13. The van der Waals surface area contributed by atoms with Crippen molar-refractivity contribution < 1.29 is 27.5 Å². The van der Waals surface area contributed by atoms with Crippen LogP contribution in [0.3, 0.4) is 0 Å². The molecule has 3 fully saturated rings. The summed E-state index contributed by atoms with van der Waals surface area (Å²) >= 11 is 6.02. The van der Waals surface area contributed by atoms with E-state index >= 15 is 0 Å². The van der Waals surface area contributed by atoms with E-state index < -0.39 is 27.6 Å². The Morgan fingerprint density at radius 2 is 1.72 bits per heavy atom. The SMILES string of the molecule is CC(C)(C)OC(=O)N1C[C@H]2C[C@@H]1CN2C(=O)CN1CCC[C@H](NS(=O)(=O)c2ccc3cc(Cl)ccc3c2)C1=O. The van der Waals surface area contributed by atoms with Crippen LogP contribution in [-0.4, -0.2) is 90.9 Å². The van der Waals surface area contributed by atoms with Crippen molar-refractivity contribution in [2.75, 3.05) is 26.2 Å². The summed E-state index contributed by atoms with van der Waals surface area (Å²) in [5.41, 5.74) is -0.594. The van der Waals surface area contributed by atoms with Crippen molar-refractivity contribution in [2.45, 2.75) is 68.7 Å². The monoisotopic (exact) mass is 576 g/mol. The first kappa shape index (κ1) is 27.7. The van der Waals surface area contributed by atoms with Gasteiger partial charge in [-0.3, -0.25) is 9.59 Å². The van der Waals surface area contributed by atoms with Crippen LogP contribution in [-0.2, 0) is 24.3 Å². The van der Waals surface area contributed by atoms with E-state index in [0.717, 1.165) is 10.8 Å². The van der Waals surface area contributed by atoms with E-state index in [0.29, 0.717) is 43.9 Å². The number of rotatable bonds is 5. The summed E-state index contributed by atoms with van der Waals surface area (Å²) in [5.74, 6) is -0.609. The Labute approximate surface area is 233 Å². The molecule has 3 aliphatic rings. The lowest BCUT2D eigenvalue weighted by molar-refractivity contribution is -0.144. The number of likely N-dealkylation sites (tertiary alicyclic amines) is 3. The number of hydrogen-bond acceptors (Lipinski definition) is 6. The highest BCUT2D eigenvalue weighted by Crippen LogP contribution is 2.32. The number of nitrogens with zero attached hydrogens (tertiary/aromatic N) is 3. The Kier molecular flexibility index (Phi) is 7.28. The minimum absolute atomic E-state index is 0.0564. The maximum Gasteiger partial charge on any atom is 0.410 e. The lowest BCUT2D eigenvalue weighted by Crippen LogP contribution is -2.57. The maximum absolute atomic E-state index is 13.2. The average Bonchev–Trinajstić information content (AvgIpc) is 3.46. The zero-order valence-corrected chi connectivity index (χ0v) is 23.8. The first-order chi connectivity index (χ1) is 18.3. The molecule has 3 atom stereocenters. The molecule has 3 saturated heterocycles. The summed E-state index contributed by atoms with van der Waals surface area (Å²) in [7, 11) is -3.97. The lowest BCUT2D eigenvalue weighted by Gasteiger charge is -2.37. The molecule has 39 heavy (non-hydrogen) atoms. The third kappa shape index (κ3) is 5.85. The molecule has 0 unspecified atom stereocenters. The third-order valence-electron chi connectivity index (χ3n) is 7.43. The largest absolute Gasteiger partial charge is 0.444 e. The van der Waals surface area contributed by atoms with Gasteiger partial charge in [-0.15, -0.1) is 0 Å². The molecule has 3 amide bonds. The van der Waals surface area contributed by atoms with Gasteiger partial charge < -0.3 is 19.4 Å². The molecule has 12 heteroatoms. The molecule has 5 rings (SSSR count). The number of hydrogen-bond donors (Lipinski definition) is 1. The number of fused-ring (bicyclic) bond motifs is 3. The number of halogens is 1. The van der Waals surface area contributed by atoms with Crippen LogP contribution >= 0.6 is 11.6 Å². The van der Waals surface area contributed by atoms with Crippen LogP contribution in [0.4, 0.5) is 4.79 Å². The van der Waals surface area contributed by atoms with Gasteiger partial charge in [0.25, 0.3) is 0 Å². The molecule has 0 saturated carbocycles. The number of benzene rings is 2. The Balaban J connectivity index is 1.20. The molecule has 0 spiro atoms. The fourth-order valence-corrected chi connectivity index (χ4v) is 7.03. The number of nitrogens with one attached hydrogen (secondary N) is 1. The summed E-state index contributed by atoms with van der Waals surface area (Å²) in [6.45, 7) is 6.51. The molecule has 0 aliphatic carbocycles. The fraction of sp³-hybridized carbons (Fsp3) is 0.519. The molecule has 210 valence electrons. The summed E-state index contributed by atoms with van der Waals surface area (Å²) in [5, 5.41) is 2.08. The topological polar surface area (TPSA) is 116 Å². The quantitative estimate of drug-likeness (QED) is 0.585. The van der Waals surface area contributed by atoms with Crippen molar-refractivity contribution in [1.29, 1.82) is 0 Å². The van der Waals surface area contributed by atoms with E-state index in [9.17, 15) is 22.8 Å². The highest BCUT2D eigenvalue weighted by Gasteiger charge is 2.48. The smallest absolute Gasteiger partial charge is 0.410 e. The molecule has 0 radical (unpaired) electrons. The van der Waals surface area contributed by atoms with Crippen molar-refractivity contribution in [1.82, 2.24) is 19.4 Å². The van der Waals surface area contributed by atoms with Crippen LogP contribution in [0.1, 0.15) is 40.0 Å². The van der Waals surface area contributed by atoms with Crippen LogP contribution in [0.2, 0.25) is 5.02 Å². The molecular formula is C27H33ClN4O6S. The van der Waals surface area contributed by atoms with Crippen LogP contribution < -0.4 is 4.72 Å². The van der Waals surface area contributed by atoms with Crippen molar-refractivity contribution >= 4 is 50.3 Å². The predicted molar refractivity (Wildman–Crippen MR) is 146 cm³/mol. The van der Waals surface area contributed by atoms with Gasteiger partial charge in [-0.1, -0.05) is 23.7 Å². The highest BCUT2D eigenvalue weighted by atomic mass is 35.5. The standard InChI is InChI=1S/C27H33ClN4O6S/c1-27(2,3)38-26(35)32-15-20-13-21(32)14-31(20)24(33)16-30-10-4-5-23(25(30)34)29-39(36,37)22-9-7-17-11-19(28)8-6-18(17)12-22/h6-9,11-12,20-21,23,29H,4-5,10,13-16H2,1-3H3/t20-,21-,23+/m1/s1. The van der Waals surface area contributed by atoms with Crippen molar-refractivity contribution in [2.24, 2.45) is 0 Å². The van der Waals surface area contributed by atoms with Crippen LogP contribution in [0.5, 0.6) is 0 Å². The zero-order chi connectivity index (χ0) is 28.1. The number of amides is 3.